The average molecular weight is 377 g/mol. The number of esters is 2. The highest BCUT2D eigenvalue weighted by Gasteiger charge is 2.50. The van der Waals surface area contributed by atoms with Crippen LogP contribution in [0, 0.1) is 0 Å². The van der Waals surface area contributed by atoms with Gasteiger partial charge in [-0.05, 0) is 34.5 Å². The van der Waals surface area contributed by atoms with Gasteiger partial charge in [0.25, 0.3) is 0 Å². The van der Waals surface area contributed by atoms with Gasteiger partial charge in [-0.1, -0.05) is 18.2 Å². The third-order valence-corrected chi connectivity index (χ3v) is 5.71. The first-order valence-corrected chi connectivity index (χ1v) is 9.29. The topological polar surface area (TPSA) is 65.1 Å². The van der Waals surface area contributed by atoms with Crippen molar-refractivity contribution >= 4 is 28.3 Å². The van der Waals surface area contributed by atoms with Crippen LogP contribution in [0.25, 0.3) is 16.3 Å². The molecule has 0 aliphatic carbocycles. The lowest BCUT2D eigenvalue weighted by molar-refractivity contribution is -0.153. The van der Waals surface area contributed by atoms with Crippen molar-refractivity contribution in [3.63, 3.8) is 0 Å². The van der Waals surface area contributed by atoms with Crippen LogP contribution in [0.4, 0.5) is 0 Å². The maximum atomic E-state index is 12.3. The number of piperidine rings is 1. The molecule has 0 radical (unpaired) electrons. The molecular weight excluding hydrogens is 358 g/mol. The number of ether oxygens (including phenoxy) is 3. The fourth-order valence-electron chi connectivity index (χ4n) is 4.33. The highest BCUT2D eigenvalue weighted by atomic mass is 16.6. The molecule has 6 rings (SSSR count). The van der Waals surface area contributed by atoms with E-state index in [1.54, 1.807) is 7.11 Å². The van der Waals surface area contributed by atoms with Gasteiger partial charge < -0.3 is 19.1 Å². The molecule has 142 valence electrons. The summed E-state index contributed by atoms with van der Waals surface area (Å²) >= 11 is 0. The molecule has 3 bridgehead atoms. The fourth-order valence-corrected chi connectivity index (χ4v) is 4.33. The number of hydrogen-bond acceptors (Lipinski definition) is 6. The van der Waals surface area contributed by atoms with Crippen molar-refractivity contribution in [2.75, 3.05) is 20.2 Å². The van der Waals surface area contributed by atoms with Gasteiger partial charge >= 0.3 is 11.9 Å². The molecule has 0 aromatic heterocycles. The summed E-state index contributed by atoms with van der Waals surface area (Å²) in [7, 11) is 1.64. The van der Waals surface area contributed by atoms with Gasteiger partial charge in [0.15, 0.2) is 0 Å². The van der Waals surface area contributed by atoms with E-state index in [0.717, 1.165) is 39.8 Å². The predicted octanol–water partition coefficient (Wildman–Crippen LogP) is 3.02. The van der Waals surface area contributed by atoms with Crippen LogP contribution in [0.15, 0.2) is 54.4 Å². The molecule has 0 saturated carbocycles. The normalized spacial score (nSPS) is 21.5. The quantitative estimate of drug-likeness (QED) is 0.750. The third kappa shape index (κ3) is 2.56. The minimum absolute atomic E-state index is 0.495. The van der Waals surface area contributed by atoms with Crippen molar-refractivity contribution < 1.29 is 23.8 Å². The molecule has 2 aromatic rings. The van der Waals surface area contributed by atoms with Crippen LogP contribution in [0.3, 0.4) is 0 Å². The summed E-state index contributed by atoms with van der Waals surface area (Å²) in [5.74, 6) is 0.199. The number of methoxy groups -OCH3 is 1. The summed E-state index contributed by atoms with van der Waals surface area (Å²) in [6.45, 7) is 1.37. The standard InChI is InChI=1S/C22H19NO5/c1-26-17-5-4-14-12-16(3-2-15(14)13-17)20-21-23-10-8-22(20,9-11-23)28-19(25)7-6-18(24)27-21/h2-7,12-13H,8-11H2,1H3/b7-6+. The number of nitrogens with zero attached hydrogens (tertiary/aromatic N) is 1. The van der Waals surface area contributed by atoms with Crippen molar-refractivity contribution in [1.82, 2.24) is 4.90 Å². The van der Waals surface area contributed by atoms with Crippen LogP contribution in [0.5, 0.6) is 5.75 Å². The Morgan fingerprint density at radius 1 is 0.964 bits per heavy atom. The van der Waals surface area contributed by atoms with Crippen LogP contribution in [-0.2, 0) is 19.1 Å². The molecule has 4 aliphatic heterocycles. The van der Waals surface area contributed by atoms with Gasteiger partial charge in [0.05, 0.1) is 12.7 Å². The van der Waals surface area contributed by atoms with Crippen molar-refractivity contribution in [1.29, 1.82) is 0 Å². The van der Waals surface area contributed by atoms with Crippen molar-refractivity contribution in [2.45, 2.75) is 18.4 Å². The molecule has 4 heterocycles. The Kier molecular flexibility index (Phi) is 3.69. The Labute approximate surface area is 162 Å². The second-order valence-corrected chi connectivity index (χ2v) is 7.26. The Balaban J connectivity index is 1.71. The van der Waals surface area contributed by atoms with Gasteiger partial charge in [-0.15, -0.1) is 0 Å². The van der Waals surface area contributed by atoms with E-state index in [1.807, 2.05) is 36.4 Å². The molecule has 6 nitrogen and oxygen atoms in total. The van der Waals surface area contributed by atoms with Crippen LogP contribution in [-0.4, -0.2) is 42.6 Å². The zero-order chi connectivity index (χ0) is 19.3. The van der Waals surface area contributed by atoms with E-state index in [0.29, 0.717) is 31.8 Å². The van der Waals surface area contributed by atoms with Crippen molar-refractivity contribution in [2.24, 2.45) is 0 Å². The maximum Gasteiger partial charge on any atom is 0.337 e. The van der Waals surface area contributed by atoms with Crippen LogP contribution in [0.2, 0.25) is 0 Å². The second-order valence-electron chi connectivity index (χ2n) is 7.26. The molecule has 1 saturated heterocycles. The summed E-state index contributed by atoms with van der Waals surface area (Å²) in [5.41, 5.74) is 0.878. The molecule has 1 spiro atoms. The number of carbonyl (C=O) groups is 2. The van der Waals surface area contributed by atoms with Crippen LogP contribution < -0.4 is 4.74 Å². The molecule has 2 aromatic carbocycles. The lowest BCUT2D eigenvalue weighted by Gasteiger charge is -2.49. The van der Waals surface area contributed by atoms with Crippen molar-refractivity contribution in [3.8, 4) is 5.75 Å². The van der Waals surface area contributed by atoms with E-state index in [4.69, 9.17) is 14.2 Å². The molecule has 28 heavy (non-hydrogen) atoms. The molecule has 0 N–H and O–H groups in total. The molecule has 1 fully saturated rings. The van der Waals surface area contributed by atoms with Crippen LogP contribution in [0.1, 0.15) is 18.4 Å². The first-order chi connectivity index (χ1) is 13.6. The first kappa shape index (κ1) is 16.9. The van der Waals surface area contributed by atoms with E-state index in [2.05, 4.69) is 4.90 Å². The van der Waals surface area contributed by atoms with E-state index < -0.39 is 17.5 Å². The number of carbonyl (C=O) groups excluding carboxylic acids is 2. The van der Waals surface area contributed by atoms with E-state index in [1.165, 1.54) is 0 Å². The highest BCUT2D eigenvalue weighted by Crippen LogP contribution is 2.48. The monoisotopic (exact) mass is 377 g/mol. The lowest BCUT2D eigenvalue weighted by Crippen LogP contribution is -2.53. The largest absolute Gasteiger partial charge is 0.497 e. The molecule has 4 aliphatic rings. The SMILES string of the molecule is COc1ccc2cc(C3=C4OC(=O)/C=C/C(=O)OC35CCN4CC5)ccc2c1. The molecule has 0 unspecified atom stereocenters. The van der Waals surface area contributed by atoms with Gasteiger partial charge in [0.2, 0.25) is 5.88 Å². The average Bonchev–Trinajstić information content (AvgIpc) is 2.73. The number of rotatable bonds is 2. The third-order valence-electron chi connectivity index (χ3n) is 5.71. The summed E-state index contributed by atoms with van der Waals surface area (Å²) in [4.78, 5) is 26.5. The van der Waals surface area contributed by atoms with Gasteiger partial charge in [-0.3, -0.25) is 0 Å². The summed E-state index contributed by atoms with van der Waals surface area (Å²) in [5, 5.41) is 2.07. The minimum atomic E-state index is -0.781. The molecular formula is C22H19NO5. The van der Waals surface area contributed by atoms with E-state index in [-0.39, 0.29) is 0 Å². The fraction of sp³-hybridized carbons (Fsp3) is 0.273. The summed E-state index contributed by atoms with van der Waals surface area (Å²) in [6, 6.07) is 11.9. The van der Waals surface area contributed by atoms with Gasteiger partial charge in [0, 0.05) is 38.1 Å². The van der Waals surface area contributed by atoms with Gasteiger partial charge in [0.1, 0.15) is 11.4 Å². The molecule has 6 heteroatoms. The molecule has 0 amide bonds. The zero-order valence-corrected chi connectivity index (χ0v) is 15.4. The maximum absolute atomic E-state index is 12.3. The second kappa shape index (κ2) is 6.12. The van der Waals surface area contributed by atoms with E-state index in [9.17, 15) is 9.59 Å². The number of fused-ring (bicyclic) bond motifs is 3. The Morgan fingerprint density at radius 3 is 2.46 bits per heavy atom. The summed E-state index contributed by atoms with van der Waals surface area (Å²) < 4.78 is 16.9. The van der Waals surface area contributed by atoms with Gasteiger partial charge in [-0.2, -0.15) is 0 Å². The lowest BCUT2D eigenvalue weighted by atomic mass is 9.76. The Bertz CT molecular complexity index is 1060. The first-order valence-electron chi connectivity index (χ1n) is 9.29. The smallest absolute Gasteiger partial charge is 0.337 e. The van der Waals surface area contributed by atoms with E-state index >= 15 is 0 Å². The predicted molar refractivity (Wildman–Crippen MR) is 102 cm³/mol. The number of benzene rings is 2. The minimum Gasteiger partial charge on any atom is -0.497 e. The zero-order valence-electron chi connectivity index (χ0n) is 15.4. The Hall–Kier alpha value is -3.28. The Morgan fingerprint density at radius 2 is 1.68 bits per heavy atom. The number of hydrogen-bond donors (Lipinski definition) is 0. The summed E-state index contributed by atoms with van der Waals surface area (Å²) in [6.07, 6.45) is 3.61. The van der Waals surface area contributed by atoms with Crippen LogP contribution >= 0.6 is 0 Å². The highest BCUT2D eigenvalue weighted by molar-refractivity contribution is 5.96. The molecule has 0 atom stereocenters. The van der Waals surface area contributed by atoms with Gasteiger partial charge in [-0.25, -0.2) is 9.59 Å². The van der Waals surface area contributed by atoms with Crippen molar-refractivity contribution in [3.05, 3.63) is 60.0 Å².